The van der Waals surface area contributed by atoms with Gasteiger partial charge in [-0.05, 0) is 43.1 Å². The molecule has 1 aromatic heterocycles. The SMILES string of the molecule is CC(=O)N1CCN2C(=O)N(CCCCN3CCN(c4nsc5ccccc45)CC3)C(=O)CC2C1. The van der Waals surface area contributed by atoms with Crippen LogP contribution in [0.5, 0.6) is 0 Å². The molecule has 3 aliphatic rings. The minimum absolute atomic E-state index is 0.00254. The van der Waals surface area contributed by atoms with E-state index in [0.29, 0.717) is 32.6 Å². The van der Waals surface area contributed by atoms with Gasteiger partial charge >= 0.3 is 6.03 Å². The summed E-state index contributed by atoms with van der Waals surface area (Å²) in [4.78, 5) is 46.9. The zero-order valence-electron chi connectivity index (χ0n) is 19.7. The molecule has 1 aromatic carbocycles. The van der Waals surface area contributed by atoms with E-state index in [4.69, 9.17) is 0 Å². The highest BCUT2D eigenvalue weighted by Crippen LogP contribution is 2.30. The number of rotatable bonds is 6. The molecule has 1 unspecified atom stereocenters. The number of amides is 4. The molecule has 10 heteroatoms. The standard InChI is InChI=1S/C24H32N6O3S/c1-18(31)28-14-15-29-19(17-28)16-22(32)30(24(29)33)9-5-4-8-26-10-12-27(13-11-26)23-20-6-2-3-7-21(20)34-25-23/h2-3,6-7,19H,4-5,8-17H2,1H3. The van der Waals surface area contributed by atoms with E-state index in [-0.39, 0.29) is 23.9 Å². The van der Waals surface area contributed by atoms with Crippen molar-refractivity contribution in [2.75, 3.05) is 63.8 Å². The first-order valence-corrected chi connectivity index (χ1v) is 13.0. The van der Waals surface area contributed by atoms with Gasteiger partial charge in [-0.1, -0.05) is 12.1 Å². The summed E-state index contributed by atoms with van der Waals surface area (Å²) in [6, 6.07) is 8.03. The fourth-order valence-corrected chi connectivity index (χ4v) is 6.05. The van der Waals surface area contributed by atoms with E-state index in [1.54, 1.807) is 21.3 Å². The largest absolute Gasteiger partial charge is 0.353 e. The molecule has 4 heterocycles. The van der Waals surface area contributed by atoms with Crippen molar-refractivity contribution in [2.24, 2.45) is 0 Å². The van der Waals surface area contributed by atoms with Crippen LogP contribution in [-0.2, 0) is 9.59 Å². The van der Waals surface area contributed by atoms with Crippen LogP contribution in [0.1, 0.15) is 26.2 Å². The molecule has 3 fully saturated rings. The predicted octanol–water partition coefficient (Wildman–Crippen LogP) is 2.08. The van der Waals surface area contributed by atoms with Crippen molar-refractivity contribution in [3.05, 3.63) is 24.3 Å². The zero-order valence-corrected chi connectivity index (χ0v) is 20.5. The molecular formula is C24H32N6O3S. The number of benzene rings is 1. The summed E-state index contributed by atoms with van der Waals surface area (Å²) in [6.07, 6.45) is 2.08. The van der Waals surface area contributed by atoms with Crippen LogP contribution in [0.4, 0.5) is 10.6 Å². The Hall–Kier alpha value is -2.72. The lowest BCUT2D eigenvalue weighted by Gasteiger charge is -2.46. The molecule has 4 amide bonds. The van der Waals surface area contributed by atoms with Gasteiger partial charge in [0.25, 0.3) is 0 Å². The van der Waals surface area contributed by atoms with Crippen LogP contribution in [0.15, 0.2) is 24.3 Å². The fourth-order valence-electron chi connectivity index (χ4n) is 5.25. The van der Waals surface area contributed by atoms with Crippen LogP contribution in [-0.4, -0.2) is 107 Å². The summed E-state index contributed by atoms with van der Waals surface area (Å²) in [5.74, 6) is 0.994. The van der Waals surface area contributed by atoms with E-state index in [1.807, 2.05) is 0 Å². The third-order valence-electron chi connectivity index (χ3n) is 7.25. The molecule has 0 spiro atoms. The van der Waals surface area contributed by atoms with Crippen molar-refractivity contribution in [2.45, 2.75) is 32.2 Å². The van der Waals surface area contributed by atoms with Gasteiger partial charge in [-0.3, -0.25) is 19.4 Å². The molecule has 5 rings (SSSR count). The van der Waals surface area contributed by atoms with Gasteiger partial charge in [0.05, 0.1) is 10.7 Å². The quantitative estimate of drug-likeness (QED) is 0.584. The molecule has 0 aliphatic carbocycles. The minimum atomic E-state index is -0.187. The maximum Gasteiger partial charge on any atom is 0.327 e. The number of fused-ring (bicyclic) bond motifs is 2. The van der Waals surface area contributed by atoms with E-state index in [9.17, 15) is 14.4 Å². The van der Waals surface area contributed by atoms with Crippen LogP contribution in [0.3, 0.4) is 0 Å². The molecule has 2 aromatic rings. The molecule has 1 atom stereocenters. The predicted molar refractivity (Wildman–Crippen MR) is 132 cm³/mol. The molecule has 182 valence electrons. The van der Waals surface area contributed by atoms with Gasteiger partial charge in [0.2, 0.25) is 11.8 Å². The number of carbonyl (C=O) groups excluding carboxylic acids is 3. The number of piperazine rings is 2. The van der Waals surface area contributed by atoms with Gasteiger partial charge in [0.1, 0.15) is 5.82 Å². The van der Waals surface area contributed by atoms with E-state index >= 15 is 0 Å². The van der Waals surface area contributed by atoms with Crippen LogP contribution >= 0.6 is 11.5 Å². The fraction of sp³-hybridized carbons (Fsp3) is 0.583. The van der Waals surface area contributed by atoms with Crippen LogP contribution in [0.25, 0.3) is 10.1 Å². The first kappa shape index (κ1) is 23.0. The molecular weight excluding hydrogens is 452 g/mol. The molecule has 0 radical (unpaired) electrons. The smallest absolute Gasteiger partial charge is 0.327 e. The zero-order chi connectivity index (χ0) is 23.7. The second-order valence-electron chi connectivity index (χ2n) is 9.38. The van der Waals surface area contributed by atoms with Gasteiger partial charge in [-0.2, -0.15) is 4.37 Å². The molecule has 3 aliphatic heterocycles. The van der Waals surface area contributed by atoms with Gasteiger partial charge < -0.3 is 14.7 Å². The van der Waals surface area contributed by atoms with Gasteiger partial charge in [0.15, 0.2) is 0 Å². The molecule has 0 N–H and O–H groups in total. The number of nitrogens with zero attached hydrogens (tertiary/aromatic N) is 6. The lowest BCUT2D eigenvalue weighted by atomic mass is 10.0. The number of imide groups is 1. The Morgan fingerprint density at radius 3 is 2.59 bits per heavy atom. The summed E-state index contributed by atoms with van der Waals surface area (Å²) in [5, 5.41) is 1.24. The Morgan fingerprint density at radius 2 is 1.79 bits per heavy atom. The van der Waals surface area contributed by atoms with Crippen molar-refractivity contribution < 1.29 is 14.4 Å². The average molecular weight is 485 g/mol. The maximum atomic E-state index is 12.9. The summed E-state index contributed by atoms with van der Waals surface area (Å²) in [7, 11) is 0. The summed E-state index contributed by atoms with van der Waals surface area (Å²) < 4.78 is 5.91. The third kappa shape index (κ3) is 4.61. The van der Waals surface area contributed by atoms with Crippen LogP contribution in [0, 0.1) is 0 Å². The van der Waals surface area contributed by atoms with Crippen molar-refractivity contribution in [3.63, 3.8) is 0 Å². The number of urea groups is 1. The van der Waals surface area contributed by atoms with Gasteiger partial charge in [0, 0.05) is 71.1 Å². The number of hydrogen-bond acceptors (Lipinski definition) is 7. The highest BCUT2D eigenvalue weighted by atomic mass is 32.1. The maximum absolute atomic E-state index is 12.9. The topological polar surface area (TPSA) is 80.3 Å². The highest BCUT2D eigenvalue weighted by molar-refractivity contribution is 7.13. The number of carbonyl (C=O) groups is 3. The van der Waals surface area contributed by atoms with Gasteiger partial charge in [-0.15, -0.1) is 0 Å². The number of hydrogen-bond donors (Lipinski definition) is 0. The van der Waals surface area contributed by atoms with Gasteiger partial charge in [-0.25, -0.2) is 4.79 Å². The minimum Gasteiger partial charge on any atom is -0.353 e. The lowest BCUT2D eigenvalue weighted by molar-refractivity contribution is -0.138. The lowest BCUT2D eigenvalue weighted by Crippen LogP contribution is -2.64. The number of aromatic nitrogens is 1. The van der Waals surface area contributed by atoms with Crippen LogP contribution < -0.4 is 4.90 Å². The molecule has 3 saturated heterocycles. The Labute approximate surface area is 204 Å². The monoisotopic (exact) mass is 484 g/mol. The normalized spacial score (nSPS) is 22.0. The number of anilines is 1. The Morgan fingerprint density at radius 1 is 1.03 bits per heavy atom. The first-order chi connectivity index (χ1) is 16.5. The van der Waals surface area contributed by atoms with Crippen molar-refractivity contribution >= 4 is 45.3 Å². The Balaban J connectivity index is 1.05. The van der Waals surface area contributed by atoms with Crippen molar-refractivity contribution in [3.8, 4) is 0 Å². The summed E-state index contributed by atoms with van der Waals surface area (Å²) in [6.45, 7) is 8.41. The Kier molecular flexibility index (Phi) is 6.69. The Bertz CT molecular complexity index is 1070. The second-order valence-corrected chi connectivity index (χ2v) is 10.2. The highest BCUT2D eigenvalue weighted by Gasteiger charge is 2.41. The van der Waals surface area contributed by atoms with E-state index in [0.717, 1.165) is 51.4 Å². The molecule has 34 heavy (non-hydrogen) atoms. The number of unbranched alkanes of at least 4 members (excludes halogenated alkanes) is 1. The van der Waals surface area contributed by atoms with E-state index in [2.05, 4.69) is 38.4 Å². The summed E-state index contributed by atoms with van der Waals surface area (Å²) in [5.41, 5.74) is 0. The van der Waals surface area contributed by atoms with E-state index < -0.39 is 0 Å². The van der Waals surface area contributed by atoms with Crippen LogP contribution in [0.2, 0.25) is 0 Å². The third-order valence-corrected chi connectivity index (χ3v) is 8.07. The average Bonchev–Trinajstić information content (AvgIpc) is 3.27. The van der Waals surface area contributed by atoms with Crippen molar-refractivity contribution in [1.29, 1.82) is 0 Å². The first-order valence-electron chi connectivity index (χ1n) is 12.2. The second kappa shape index (κ2) is 9.87. The molecule has 0 saturated carbocycles. The molecule has 9 nitrogen and oxygen atoms in total. The molecule has 0 bridgehead atoms. The van der Waals surface area contributed by atoms with E-state index in [1.165, 1.54) is 21.9 Å². The summed E-state index contributed by atoms with van der Waals surface area (Å²) >= 11 is 1.56. The van der Waals surface area contributed by atoms with Crippen molar-refractivity contribution in [1.82, 2.24) is 24.0 Å².